The summed E-state index contributed by atoms with van der Waals surface area (Å²) in [4.78, 5) is 28.1. The average molecular weight is 406 g/mol. The van der Waals surface area contributed by atoms with Crippen molar-refractivity contribution in [1.82, 2.24) is 15.6 Å². The number of methoxy groups -OCH3 is 1. The molecule has 0 spiro atoms. The van der Waals surface area contributed by atoms with Gasteiger partial charge < -0.3 is 15.4 Å². The SMILES string of the molecule is COc1ccc(C(=O)NCCCNC(=O)c2ccc(C)nc2)cc1Br. The number of pyridine rings is 1. The summed E-state index contributed by atoms with van der Waals surface area (Å²) in [5.41, 5.74) is 1.93. The van der Waals surface area contributed by atoms with E-state index in [-0.39, 0.29) is 11.8 Å². The van der Waals surface area contributed by atoms with Crippen LogP contribution in [0.2, 0.25) is 0 Å². The molecule has 1 aromatic heterocycles. The number of rotatable bonds is 7. The normalized spacial score (nSPS) is 10.2. The first-order valence-corrected chi connectivity index (χ1v) is 8.63. The van der Waals surface area contributed by atoms with Gasteiger partial charge in [-0.3, -0.25) is 14.6 Å². The lowest BCUT2D eigenvalue weighted by molar-refractivity contribution is 0.0951. The molecule has 0 atom stereocenters. The standard InChI is InChI=1S/C18H20BrN3O3/c1-12-4-5-14(11-22-12)18(24)21-9-3-8-20-17(23)13-6-7-16(25-2)15(19)10-13/h4-7,10-11H,3,8-9H2,1-2H3,(H,20,23)(H,21,24). The molecule has 0 radical (unpaired) electrons. The molecule has 7 heteroatoms. The molecule has 2 rings (SSSR count). The Hall–Kier alpha value is -2.41. The Kier molecular flexibility index (Phi) is 6.94. The molecule has 0 saturated heterocycles. The summed E-state index contributed by atoms with van der Waals surface area (Å²) >= 11 is 3.35. The minimum atomic E-state index is -0.169. The Bertz CT molecular complexity index is 748. The van der Waals surface area contributed by atoms with Crippen LogP contribution >= 0.6 is 15.9 Å². The number of aryl methyl sites for hydroxylation is 1. The third-order valence-corrected chi connectivity index (χ3v) is 4.13. The zero-order chi connectivity index (χ0) is 18.2. The smallest absolute Gasteiger partial charge is 0.252 e. The lowest BCUT2D eigenvalue weighted by atomic mass is 10.2. The Morgan fingerprint density at radius 3 is 2.28 bits per heavy atom. The summed E-state index contributed by atoms with van der Waals surface area (Å²) < 4.78 is 5.86. The van der Waals surface area contributed by atoms with Gasteiger partial charge in [0.15, 0.2) is 0 Å². The van der Waals surface area contributed by atoms with Crippen molar-refractivity contribution < 1.29 is 14.3 Å². The molecule has 2 amide bonds. The molecule has 2 N–H and O–H groups in total. The van der Waals surface area contributed by atoms with Crippen LogP contribution in [0.15, 0.2) is 41.0 Å². The molecule has 0 saturated carbocycles. The lowest BCUT2D eigenvalue weighted by Gasteiger charge is -2.08. The molecule has 132 valence electrons. The first-order valence-electron chi connectivity index (χ1n) is 7.84. The zero-order valence-electron chi connectivity index (χ0n) is 14.1. The summed E-state index contributed by atoms with van der Waals surface area (Å²) in [5, 5.41) is 5.62. The molecule has 0 aliphatic heterocycles. The predicted octanol–water partition coefficient (Wildman–Crippen LogP) is 2.71. The molecule has 0 aliphatic carbocycles. The van der Waals surface area contributed by atoms with Crippen molar-refractivity contribution in [2.45, 2.75) is 13.3 Å². The van der Waals surface area contributed by atoms with Crippen molar-refractivity contribution in [3.63, 3.8) is 0 Å². The topological polar surface area (TPSA) is 80.3 Å². The van der Waals surface area contributed by atoms with Gasteiger partial charge in [0.05, 0.1) is 17.1 Å². The third kappa shape index (κ3) is 5.56. The highest BCUT2D eigenvalue weighted by molar-refractivity contribution is 9.10. The second-order valence-corrected chi connectivity index (χ2v) is 6.26. The number of hydrogen-bond donors (Lipinski definition) is 2. The highest BCUT2D eigenvalue weighted by atomic mass is 79.9. The fourth-order valence-corrected chi connectivity index (χ4v) is 2.65. The number of carbonyl (C=O) groups is 2. The molecular formula is C18H20BrN3O3. The van der Waals surface area contributed by atoms with E-state index in [0.29, 0.717) is 36.4 Å². The maximum absolute atomic E-state index is 12.1. The molecular weight excluding hydrogens is 386 g/mol. The van der Waals surface area contributed by atoms with E-state index in [1.54, 1.807) is 43.6 Å². The van der Waals surface area contributed by atoms with Gasteiger partial charge in [-0.15, -0.1) is 0 Å². The largest absolute Gasteiger partial charge is 0.496 e. The number of hydrogen-bond acceptors (Lipinski definition) is 4. The molecule has 0 bridgehead atoms. The molecule has 6 nitrogen and oxygen atoms in total. The molecule has 25 heavy (non-hydrogen) atoms. The highest BCUT2D eigenvalue weighted by Crippen LogP contribution is 2.25. The minimum Gasteiger partial charge on any atom is -0.496 e. The fraction of sp³-hybridized carbons (Fsp3) is 0.278. The van der Waals surface area contributed by atoms with Crippen molar-refractivity contribution in [1.29, 1.82) is 0 Å². The number of amides is 2. The molecule has 2 aromatic rings. The van der Waals surface area contributed by atoms with E-state index in [1.165, 1.54) is 0 Å². The number of ether oxygens (including phenoxy) is 1. The van der Waals surface area contributed by atoms with E-state index in [1.807, 2.05) is 6.92 Å². The Labute approximate surface area is 155 Å². The minimum absolute atomic E-state index is 0.169. The van der Waals surface area contributed by atoms with Gasteiger partial charge >= 0.3 is 0 Å². The summed E-state index contributed by atoms with van der Waals surface area (Å²) in [5.74, 6) is 0.334. The summed E-state index contributed by atoms with van der Waals surface area (Å²) in [7, 11) is 1.57. The van der Waals surface area contributed by atoms with E-state index < -0.39 is 0 Å². The van der Waals surface area contributed by atoms with Gasteiger partial charge in [-0.05, 0) is 59.6 Å². The molecule has 1 heterocycles. The number of halogens is 1. The average Bonchev–Trinajstić information content (AvgIpc) is 2.61. The number of nitrogens with one attached hydrogen (secondary N) is 2. The second-order valence-electron chi connectivity index (χ2n) is 5.40. The number of carbonyl (C=O) groups excluding carboxylic acids is 2. The highest BCUT2D eigenvalue weighted by Gasteiger charge is 2.09. The maximum atomic E-state index is 12.1. The Morgan fingerprint density at radius 1 is 1.08 bits per heavy atom. The van der Waals surface area contributed by atoms with E-state index in [0.717, 1.165) is 10.2 Å². The van der Waals surface area contributed by atoms with E-state index in [4.69, 9.17) is 4.74 Å². The van der Waals surface area contributed by atoms with Crippen molar-refractivity contribution in [2.75, 3.05) is 20.2 Å². The van der Waals surface area contributed by atoms with Crippen LogP contribution in [0.5, 0.6) is 5.75 Å². The Morgan fingerprint density at radius 2 is 1.72 bits per heavy atom. The van der Waals surface area contributed by atoms with Gasteiger partial charge in [0, 0.05) is 30.5 Å². The summed E-state index contributed by atoms with van der Waals surface area (Å²) in [6, 6.07) is 8.67. The summed E-state index contributed by atoms with van der Waals surface area (Å²) in [6.07, 6.45) is 2.18. The van der Waals surface area contributed by atoms with Crippen LogP contribution in [0.25, 0.3) is 0 Å². The fourth-order valence-electron chi connectivity index (χ4n) is 2.11. The van der Waals surface area contributed by atoms with Crippen molar-refractivity contribution in [2.24, 2.45) is 0 Å². The number of nitrogens with zero attached hydrogens (tertiary/aromatic N) is 1. The van der Waals surface area contributed by atoms with Crippen LogP contribution in [0.1, 0.15) is 32.8 Å². The van der Waals surface area contributed by atoms with Gasteiger partial charge in [-0.25, -0.2) is 0 Å². The van der Waals surface area contributed by atoms with Gasteiger partial charge in [-0.2, -0.15) is 0 Å². The third-order valence-electron chi connectivity index (χ3n) is 3.51. The maximum Gasteiger partial charge on any atom is 0.252 e. The molecule has 0 aliphatic rings. The first kappa shape index (κ1) is 18.9. The van der Waals surface area contributed by atoms with Gasteiger partial charge in [0.25, 0.3) is 11.8 Å². The second kappa shape index (κ2) is 9.17. The van der Waals surface area contributed by atoms with E-state index >= 15 is 0 Å². The van der Waals surface area contributed by atoms with Gasteiger partial charge in [0.1, 0.15) is 5.75 Å². The van der Waals surface area contributed by atoms with E-state index in [2.05, 4.69) is 31.5 Å². The summed E-state index contributed by atoms with van der Waals surface area (Å²) in [6.45, 7) is 2.81. The zero-order valence-corrected chi connectivity index (χ0v) is 15.7. The van der Waals surface area contributed by atoms with Gasteiger partial charge in [0.2, 0.25) is 0 Å². The Balaban J connectivity index is 1.72. The molecule has 1 aromatic carbocycles. The quantitative estimate of drug-likeness (QED) is 0.693. The van der Waals surface area contributed by atoms with E-state index in [9.17, 15) is 9.59 Å². The van der Waals surface area contributed by atoms with Crippen LogP contribution < -0.4 is 15.4 Å². The van der Waals surface area contributed by atoms with Crippen LogP contribution in [0.3, 0.4) is 0 Å². The van der Waals surface area contributed by atoms with Crippen molar-refractivity contribution in [3.8, 4) is 5.75 Å². The number of benzene rings is 1. The van der Waals surface area contributed by atoms with Crippen molar-refractivity contribution in [3.05, 3.63) is 57.8 Å². The van der Waals surface area contributed by atoms with Crippen LogP contribution in [0, 0.1) is 6.92 Å². The monoisotopic (exact) mass is 405 g/mol. The first-order chi connectivity index (χ1) is 12.0. The molecule has 0 fully saturated rings. The van der Waals surface area contributed by atoms with Crippen molar-refractivity contribution >= 4 is 27.7 Å². The number of aromatic nitrogens is 1. The van der Waals surface area contributed by atoms with Gasteiger partial charge in [-0.1, -0.05) is 0 Å². The van der Waals surface area contributed by atoms with Crippen LogP contribution in [-0.4, -0.2) is 37.0 Å². The van der Waals surface area contributed by atoms with Crippen LogP contribution in [0.4, 0.5) is 0 Å². The predicted molar refractivity (Wildman–Crippen MR) is 99.0 cm³/mol. The van der Waals surface area contributed by atoms with Crippen LogP contribution in [-0.2, 0) is 0 Å². The molecule has 0 unspecified atom stereocenters. The lowest BCUT2D eigenvalue weighted by Crippen LogP contribution is -2.30.